The Kier molecular flexibility index (Phi) is 2.44. The molecule has 3 rings (SSSR count). The van der Waals surface area contributed by atoms with E-state index in [1.165, 1.54) is 0 Å². The molecule has 2 aliphatic heterocycles. The molecular formula is C14H17NO2. The van der Waals surface area contributed by atoms with Crippen molar-refractivity contribution in [1.29, 1.82) is 0 Å². The molecule has 0 aromatic heterocycles. The Morgan fingerprint density at radius 3 is 2.82 bits per heavy atom. The topological polar surface area (TPSA) is 38.3 Å². The van der Waals surface area contributed by atoms with Crippen molar-refractivity contribution in [1.82, 2.24) is 5.32 Å². The van der Waals surface area contributed by atoms with Crippen LogP contribution in [0.25, 0.3) is 0 Å². The Hall–Kier alpha value is -1.35. The van der Waals surface area contributed by atoms with E-state index in [1.807, 2.05) is 25.1 Å². The minimum atomic E-state index is -0.247. The predicted octanol–water partition coefficient (Wildman–Crippen LogP) is 2.08. The number of hydrogen-bond acceptors (Lipinski definition) is 3. The fourth-order valence-electron chi connectivity index (χ4n) is 2.89. The lowest BCUT2D eigenvalue weighted by Gasteiger charge is -2.41. The molecule has 1 saturated heterocycles. The monoisotopic (exact) mass is 231 g/mol. The summed E-state index contributed by atoms with van der Waals surface area (Å²) < 4.78 is 6.15. The molecule has 1 N–H and O–H groups in total. The van der Waals surface area contributed by atoms with Crippen LogP contribution in [-0.2, 0) is 0 Å². The second-order valence-corrected chi connectivity index (χ2v) is 5.08. The Balaban J connectivity index is 2.00. The lowest BCUT2D eigenvalue weighted by molar-refractivity contribution is 0.0186. The normalized spacial score (nSPS) is 22.1. The SMILES string of the molecule is Cc1cccc2c1C(=O)CC1(CCNCC1)O2. The molecule has 0 aliphatic carbocycles. The molecule has 0 radical (unpaired) electrons. The maximum atomic E-state index is 12.3. The average Bonchev–Trinajstić information content (AvgIpc) is 2.29. The van der Waals surface area contributed by atoms with Crippen molar-refractivity contribution in [3.8, 4) is 5.75 Å². The van der Waals surface area contributed by atoms with E-state index in [0.717, 1.165) is 42.8 Å². The molecule has 0 amide bonds. The molecule has 1 fully saturated rings. The van der Waals surface area contributed by atoms with Gasteiger partial charge in [0.2, 0.25) is 0 Å². The smallest absolute Gasteiger partial charge is 0.170 e. The fourth-order valence-corrected chi connectivity index (χ4v) is 2.89. The summed E-state index contributed by atoms with van der Waals surface area (Å²) in [6.45, 7) is 3.85. The van der Waals surface area contributed by atoms with Crippen molar-refractivity contribution < 1.29 is 9.53 Å². The lowest BCUT2D eigenvalue weighted by atomic mass is 9.82. The van der Waals surface area contributed by atoms with Gasteiger partial charge in [-0.3, -0.25) is 4.79 Å². The number of rotatable bonds is 0. The number of piperidine rings is 1. The Morgan fingerprint density at radius 2 is 2.06 bits per heavy atom. The molecule has 0 atom stereocenters. The van der Waals surface area contributed by atoms with Gasteiger partial charge in [0.15, 0.2) is 5.78 Å². The largest absolute Gasteiger partial charge is 0.486 e. The van der Waals surface area contributed by atoms with Crippen LogP contribution in [0.4, 0.5) is 0 Å². The number of ether oxygens (including phenoxy) is 1. The zero-order valence-corrected chi connectivity index (χ0v) is 10.1. The van der Waals surface area contributed by atoms with Crippen molar-refractivity contribution in [3.05, 3.63) is 29.3 Å². The molecular weight excluding hydrogens is 214 g/mol. The third kappa shape index (κ3) is 1.75. The first-order chi connectivity index (χ1) is 8.20. The fraction of sp³-hybridized carbons (Fsp3) is 0.500. The highest BCUT2D eigenvalue weighted by Crippen LogP contribution is 2.39. The van der Waals surface area contributed by atoms with Gasteiger partial charge in [0.1, 0.15) is 11.4 Å². The maximum Gasteiger partial charge on any atom is 0.170 e. The Morgan fingerprint density at radius 1 is 1.29 bits per heavy atom. The molecule has 2 aliphatic rings. The van der Waals surface area contributed by atoms with Crippen LogP contribution >= 0.6 is 0 Å². The third-order valence-corrected chi connectivity index (χ3v) is 3.84. The number of nitrogens with one attached hydrogen (secondary N) is 1. The number of carbonyl (C=O) groups is 1. The molecule has 0 saturated carbocycles. The van der Waals surface area contributed by atoms with Crippen LogP contribution in [0.3, 0.4) is 0 Å². The van der Waals surface area contributed by atoms with Gasteiger partial charge in [-0.15, -0.1) is 0 Å². The summed E-state index contributed by atoms with van der Waals surface area (Å²) in [5.41, 5.74) is 1.57. The molecule has 1 spiro atoms. The highest BCUT2D eigenvalue weighted by Gasteiger charge is 2.41. The average molecular weight is 231 g/mol. The highest BCUT2D eigenvalue weighted by molar-refractivity contribution is 6.01. The third-order valence-electron chi connectivity index (χ3n) is 3.84. The molecule has 1 aromatic rings. The first kappa shape index (κ1) is 10.8. The van der Waals surface area contributed by atoms with E-state index >= 15 is 0 Å². The summed E-state index contributed by atoms with van der Waals surface area (Å²) in [4.78, 5) is 12.3. The van der Waals surface area contributed by atoms with E-state index in [-0.39, 0.29) is 11.4 Å². The van der Waals surface area contributed by atoms with Crippen LogP contribution in [0.15, 0.2) is 18.2 Å². The van der Waals surface area contributed by atoms with E-state index in [9.17, 15) is 4.79 Å². The van der Waals surface area contributed by atoms with Crippen molar-refractivity contribution in [3.63, 3.8) is 0 Å². The summed E-state index contributed by atoms with van der Waals surface area (Å²) in [6.07, 6.45) is 2.38. The van der Waals surface area contributed by atoms with Crippen molar-refractivity contribution in [2.24, 2.45) is 0 Å². The van der Waals surface area contributed by atoms with Crippen LogP contribution in [-0.4, -0.2) is 24.5 Å². The van der Waals surface area contributed by atoms with E-state index in [4.69, 9.17) is 4.74 Å². The maximum absolute atomic E-state index is 12.3. The summed E-state index contributed by atoms with van der Waals surface area (Å²) >= 11 is 0. The van der Waals surface area contributed by atoms with E-state index in [0.29, 0.717) is 6.42 Å². The number of fused-ring (bicyclic) bond motifs is 1. The summed E-state index contributed by atoms with van der Waals surface area (Å²) in [5.74, 6) is 1.02. The predicted molar refractivity (Wildman–Crippen MR) is 65.6 cm³/mol. The van der Waals surface area contributed by atoms with Gasteiger partial charge in [-0.1, -0.05) is 12.1 Å². The quantitative estimate of drug-likeness (QED) is 0.743. The molecule has 3 nitrogen and oxygen atoms in total. The molecule has 17 heavy (non-hydrogen) atoms. The van der Waals surface area contributed by atoms with Gasteiger partial charge < -0.3 is 10.1 Å². The molecule has 2 heterocycles. The van der Waals surface area contributed by atoms with Crippen LogP contribution in [0.1, 0.15) is 35.2 Å². The zero-order valence-electron chi connectivity index (χ0n) is 10.1. The summed E-state index contributed by atoms with van der Waals surface area (Å²) in [5, 5.41) is 3.32. The molecule has 3 heteroatoms. The van der Waals surface area contributed by atoms with Crippen LogP contribution in [0, 0.1) is 6.92 Å². The number of ketones is 1. The first-order valence-electron chi connectivity index (χ1n) is 6.23. The van der Waals surface area contributed by atoms with Gasteiger partial charge >= 0.3 is 0 Å². The molecule has 90 valence electrons. The zero-order chi connectivity index (χ0) is 11.9. The summed E-state index contributed by atoms with van der Waals surface area (Å²) in [7, 11) is 0. The van der Waals surface area contributed by atoms with Crippen molar-refractivity contribution in [2.45, 2.75) is 31.8 Å². The minimum Gasteiger partial charge on any atom is -0.486 e. The Bertz CT molecular complexity index is 461. The standard InChI is InChI=1S/C14H17NO2/c1-10-3-2-4-12-13(10)11(16)9-14(17-12)5-7-15-8-6-14/h2-4,15H,5-9H2,1H3. The van der Waals surface area contributed by atoms with Gasteiger partial charge in [-0.2, -0.15) is 0 Å². The molecule has 0 bridgehead atoms. The van der Waals surface area contributed by atoms with Crippen LogP contribution < -0.4 is 10.1 Å². The van der Waals surface area contributed by atoms with E-state index < -0.39 is 0 Å². The number of carbonyl (C=O) groups excluding carboxylic acids is 1. The van der Waals surface area contributed by atoms with Crippen molar-refractivity contribution in [2.75, 3.05) is 13.1 Å². The van der Waals surface area contributed by atoms with Crippen LogP contribution in [0.5, 0.6) is 5.75 Å². The van der Waals surface area contributed by atoms with Gasteiger partial charge in [0.25, 0.3) is 0 Å². The van der Waals surface area contributed by atoms with E-state index in [2.05, 4.69) is 5.32 Å². The van der Waals surface area contributed by atoms with Crippen LogP contribution in [0.2, 0.25) is 0 Å². The number of aryl methyl sites for hydroxylation is 1. The number of hydrogen-bond donors (Lipinski definition) is 1. The number of benzene rings is 1. The first-order valence-corrected chi connectivity index (χ1v) is 6.23. The molecule has 0 unspecified atom stereocenters. The Labute approximate surface area is 101 Å². The van der Waals surface area contributed by atoms with Gasteiger partial charge in [0, 0.05) is 12.8 Å². The lowest BCUT2D eigenvalue weighted by Crippen LogP contribution is -2.49. The second-order valence-electron chi connectivity index (χ2n) is 5.08. The minimum absolute atomic E-state index is 0.242. The second kappa shape index (κ2) is 3.84. The van der Waals surface area contributed by atoms with Crippen molar-refractivity contribution >= 4 is 5.78 Å². The van der Waals surface area contributed by atoms with Gasteiger partial charge in [-0.05, 0) is 31.6 Å². The molecule has 1 aromatic carbocycles. The summed E-state index contributed by atoms with van der Waals surface area (Å²) in [6, 6.07) is 5.85. The van der Waals surface area contributed by atoms with E-state index in [1.54, 1.807) is 0 Å². The number of Topliss-reactive ketones (excluding diaryl/α,β-unsaturated/α-hetero) is 1. The van der Waals surface area contributed by atoms with Gasteiger partial charge in [0.05, 0.1) is 12.0 Å². The highest BCUT2D eigenvalue weighted by atomic mass is 16.5. The van der Waals surface area contributed by atoms with Gasteiger partial charge in [-0.25, -0.2) is 0 Å².